The molecule has 17 heavy (non-hydrogen) atoms. The average molecular weight is 239 g/mol. The SMILES string of the molecule is CCCc1cc(C(=O)NC(CC)CCO)n[nH]1. The number of aliphatic hydroxyl groups excluding tert-OH is 1. The average Bonchev–Trinajstić information content (AvgIpc) is 2.77. The van der Waals surface area contributed by atoms with Gasteiger partial charge in [-0.2, -0.15) is 5.10 Å². The molecule has 1 unspecified atom stereocenters. The van der Waals surface area contributed by atoms with Gasteiger partial charge in [-0.3, -0.25) is 9.89 Å². The molecule has 1 atom stereocenters. The third-order valence-corrected chi connectivity index (χ3v) is 2.69. The zero-order valence-electron chi connectivity index (χ0n) is 10.5. The van der Waals surface area contributed by atoms with Crippen LogP contribution in [0.25, 0.3) is 0 Å². The van der Waals surface area contributed by atoms with Crippen molar-refractivity contribution in [3.8, 4) is 0 Å². The number of aliphatic hydroxyl groups is 1. The van der Waals surface area contributed by atoms with Gasteiger partial charge in [0, 0.05) is 18.3 Å². The van der Waals surface area contributed by atoms with Crippen LogP contribution in [0.5, 0.6) is 0 Å². The van der Waals surface area contributed by atoms with Crippen LogP contribution in [-0.2, 0) is 6.42 Å². The highest BCUT2D eigenvalue weighted by Gasteiger charge is 2.14. The van der Waals surface area contributed by atoms with Crippen LogP contribution in [0.2, 0.25) is 0 Å². The number of hydrogen-bond donors (Lipinski definition) is 3. The molecule has 96 valence electrons. The van der Waals surface area contributed by atoms with E-state index in [2.05, 4.69) is 22.4 Å². The molecule has 1 heterocycles. The van der Waals surface area contributed by atoms with Crippen LogP contribution in [0.15, 0.2) is 6.07 Å². The Balaban J connectivity index is 2.55. The molecule has 0 spiro atoms. The van der Waals surface area contributed by atoms with Crippen molar-refractivity contribution < 1.29 is 9.90 Å². The van der Waals surface area contributed by atoms with Gasteiger partial charge in [-0.15, -0.1) is 0 Å². The highest BCUT2D eigenvalue weighted by molar-refractivity contribution is 5.92. The lowest BCUT2D eigenvalue weighted by Crippen LogP contribution is -2.35. The normalized spacial score (nSPS) is 12.4. The summed E-state index contributed by atoms with van der Waals surface area (Å²) in [7, 11) is 0. The van der Waals surface area contributed by atoms with Gasteiger partial charge < -0.3 is 10.4 Å². The smallest absolute Gasteiger partial charge is 0.271 e. The molecular formula is C12H21N3O2. The Hall–Kier alpha value is -1.36. The number of hydrogen-bond acceptors (Lipinski definition) is 3. The fourth-order valence-electron chi connectivity index (χ4n) is 1.67. The number of H-pyrrole nitrogens is 1. The fourth-order valence-corrected chi connectivity index (χ4v) is 1.67. The molecule has 1 amide bonds. The predicted octanol–water partition coefficient (Wildman–Crippen LogP) is 1.25. The third-order valence-electron chi connectivity index (χ3n) is 2.69. The first-order valence-electron chi connectivity index (χ1n) is 6.17. The van der Waals surface area contributed by atoms with Crippen LogP contribution in [-0.4, -0.2) is 33.9 Å². The maximum absolute atomic E-state index is 11.8. The second kappa shape index (κ2) is 7.06. The molecule has 0 saturated carbocycles. The van der Waals surface area contributed by atoms with Crippen molar-refractivity contribution >= 4 is 5.91 Å². The minimum absolute atomic E-state index is 0.0128. The predicted molar refractivity (Wildman–Crippen MR) is 65.8 cm³/mol. The summed E-state index contributed by atoms with van der Waals surface area (Å²) in [6, 6.07) is 1.80. The maximum atomic E-state index is 11.8. The molecule has 3 N–H and O–H groups in total. The number of rotatable bonds is 7. The Morgan fingerprint density at radius 3 is 2.94 bits per heavy atom. The standard InChI is InChI=1S/C12H21N3O2/c1-3-5-10-8-11(15-14-10)12(17)13-9(4-2)6-7-16/h8-9,16H,3-7H2,1-2H3,(H,13,17)(H,14,15). The minimum Gasteiger partial charge on any atom is -0.396 e. The Morgan fingerprint density at radius 2 is 2.35 bits per heavy atom. The number of aromatic nitrogens is 2. The van der Waals surface area contributed by atoms with Crippen LogP contribution in [0.4, 0.5) is 0 Å². The van der Waals surface area contributed by atoms with Gasteiger partial charge in [0.1, 0.15) is 5.69 Å². The summed E-state index contributed by atoms with van der Waals surface area (Å²) in [6.07, 6.45) is 3.30. The quantitative estimate of drug-likeness (QED) is 0.670. The number of aryl methyl sites for hydroxylation is 1. The summed E-state index contributed by atoms with van der Waals surface area (Å²) in [5.74, 6) is -0.177. The highest BCUT2D eigenvalue weighted by atomic mass is 16.3. The second-order valence-corrected chi connectivity index (χ2v) is 4.12. The summed E-state index contributed by atoms with van der Waals surface area (Å²) >= 11 is 0. The van der Waals surface area contributed by atoms with Crippen molar-refractivity contribution in [1.82, 2.24) is 15.5 Å². The van der Waals surface area contributed by atoms with Gasteiger partial charge in [0.05, 0.1) is 0 Å². The third kappa shape index (κ3) is 4.19. The Labute approximate surface area is 102 Å². The zero-order chi connectivity index (χ0) is 12.7. The molecule has 0 fully saturated rings. The number of carbonyl (C=O) groups is 1. The van der Waals surface area contributed by atoms with E-state index in [4.69, 9.17) is 5.11 Å². The Morgan fingerprint density at radius 1 is 1.59 bits per heavy atom. The molecule has 0 aliphatic carbocycles. The van der Waals surface area contributed by atoms with E-state index in [0.29, 0.717) is 12.1 Å². The van der Waals surface area contributed by atoms with Crippen LogP contribution in [0.3, 0.4) is 0 Å². The molecule has 1 aromatic rings. The summed E-state index contributed by atoms with van der Waals surface area (Å²) < 4.78 is 0. The van der Waals surface area contributed by atoms with Crippen molar-refractivity contribution in [3.63, 3.8) is 0 Å². The van der Waals surface area contributed by atoms with Crippen molar-refractivity contribution in [2.45, 2.75) is 45.6 Å². The van der Waals surface area contributed by atoms with Gasteiger partial charge in [0.2, 0.25) is 0 Å². The van der Waals surface area contributed by atoms with Gasteiger partial charge in [-0.25, -0.2) is 0 Å². The van der Waals surface area contributed by atoms with Crippen LogP contribution >= 0.6 is 0 Å². The van der Waals surface area contributed by atoms with Gasteiger partial charge in [-0.05, 0) is 25.3 Å². The lowest BCUT2D eigenvalue weighted by atomic mass is 10.1. The second-order valence-electron chi connectivity index (χ2n) is 4.12. The molecule has 5 heteroatoms. The fraction of sp³-hybridized carbons (Fsp3) is 0.667. The summed E-state index contributed by atoms with van der Waals surface area (Å²) in [4.78, 5) is 11.8. The van der Waals surface area contributed by atoms with E-state index in [9.17, 15) is 4.79 Å². The van der Waals surface area contributed by atoms with Crippen LogP contribution < -0.4 is 5.32 Å². The topological polar surface area (TPSA) is 78.0 Å². The Kier molecular flexibility index (Phi) is 5.69. The first-order valence-corrected chi connectivity index (χ1v) is 6.17. The largest absolute Gasteiger partial charge is 0.396 e. The van der Waals surface area contributed by atoms with Gasteiger partial charge in [0.15, 0.2) is 0 Å². The summed E-state index contributed by atoms with van der Waals surface area (Å²) in [5.41, 5.74) is 1.40. The zero-order valence-corrected chi connectivity index (χ0v) is 10.5. The van der Waals surface area contributed by atoms with Gasteiger partial charge in [0.25, 0.3) is 5.91 Å². The first kappa shape index (κ1) is 13.7. The number of amides is 1. The van der Waals surface area contributed by atoms with E-state index >= 15 is 0 Å². The van der Waals surface area contributed by atoms with Crippen molar-refractivity contribution in [1.29, 1.82) is 0 Å². The van der Waals surface area contributed by atoms with E-state index in [1.54, 1.807) is 6.07 Å². The molecule has 0 radical (unpaired) electrons. The lowest BCUT2D eigenvalue weighted by molar-refractivity contribution is 0.0924. The van der Waals surface area contributed by atoms with Gasteiger partial charge in [-0.1, -0.05) is 20.3 Å². The minimum atomic E-state index is -0.177. The van der Waals surface area contributed by atoms with E-state index in [-0.39, 0.29) is 18.6 Å². The molecule has 0 aromatic carbocycles. The molecule has 0 saturated heterocycles. The lowest BCUT2D eigenvalue weighted by Gasteiger charge is -2.14. The number of nitrogens with one attached hydrogen (secondary N) is 2. The van der Waals surface area contributed by atoms with Gasteiger partial charge >= 0.3 is 0 Å². The molecule has 0 aliphatic rings. The monoisotopic (exact) mass is 239 g/mol. The van der Waals surface area contributed by atoms with Crippen molar-refractivity contribution in [2.24, 2.45) is 0 Å². The first-order chi connectivity index (χ1) is 8.21. The summed E-state index contributed by atoms with van der Waals surface area (Å²) in [5, 5.41) is 18.5. The van der Waals surface area contributed by atoms with Crippen LogP contribution in [0.1, 0.15) is 49.3 Å². The van der Waals surface area contributed by atoms with Crippen molar-refractivity contribution in [3.05, 3.63) is 17.5 Å². The highest BCUT2D eigenvalue weighted by Crippen LogP contribution is 2.04. The molecule has 1 rings (SSSR count). The number of nitrogens with zero attached hydrogens (tertiary/aromatic N) is 1. The molecule has 5 nitrogen and oxygen atoms in total. The van der Waals surface area contributed by atoms with Crippen LogP contribution in [0, 0.1) is 0 Å². The van der Waals surface area contributed by atoms with Crippen molar-refractivity contribution in [2.75, 3.05) is 6.61 Å². The van der Waals surface area contributed by atoms with E-state index in [0.717, 1.165) is 25.0 Å². The van der Waals surface area contributed by atoms with E-state index in [1.165, 1.54) is 0 Å². The molecular weight excluding hydrogens is 218 g/mol. The van der Waals surface area contributed by atoms with E-state index < -0.39 is 0 Å². The number of carbonyl (C=O) groups excluding carboxylic acids is 1. The molecule has 0 bridgehead atoms. The molecule has 0 aliphatic heterocycles. The molecule has 1 aromatic heterocycles. The van der Waals surface area contributed by atoms with E-state index in [1.807, 2.05) is 6.92 Å². The Bertz CT molecular complexity index is 349. The number of aromatic amines is 1. The summed E-state index contributed by atoms with van der Waals surface area (Å²) in [6.45, 7) is 4.14. The maximum Gasteiger partial charge on any atom is 0.271 e.